The van der Waals surface area contributed by atoms with Crippen LogP contribution in [0.4, 0.5) is 0 Å². The molecule has 0 aromatic carbocycles. The molecule has 6 heteroatoms. The van der Waals surface area contributed by atoms with E-state index in [4.69, 9.17) is 4.42 Å². The molecule has 0 bridgehead atoms. The van der Waals surface area contributed by atoms with Crippen LogP contribution >= 0.6 is 0 Å². The number of nitrogens with zero attached hydrogens (tertiary/aromatic N) is 2. The van der Waals surface area contributed by atoms with Crippen molar-refractivity contribution in [3.8, 4) is 0 Å². The zero-order valence-electron chi connectivity index (χ0n) is 10.2. The largest absolute Gasteiger partial charge is 0.459 e. The molecule has 1 N–H and O–H groups in total. The predicted octanol–water partition coefficient (Wildman–Crippen LogP) is -0.0552. The summed E-state index contributed by atoms with van der Waals surface area (Å²) in [5.74, 6) is -0.144. The fraction of sp³-hybridized carbons (Fsp3) is 0.500. The Morgan fingerprint density at radius 2 is 1.89 bits per heavy atom. The predicted molar refractivity (Wildman–Crippen MR) is 62.9 cm³/mol. The van der Waals surface area contributed by atoms with Crippen LogP contribution in [0.2, 0.25) is 0 Å². The maximum Gasteiger partial charge on any atom is 0.289 e. The van der Waals surface area contributed by atoms with Crippen LogP contribution in [0.25, 0.3) is 0 Å². The molecule has 1 unspecified atom stereocenters. The summed E-state index contributed by atoms with van der Waals surface area (Å²) < 4.78 is 5.05. The van der Waals surface area contributed by atoms with E-state index >= 15 is 0 Å². The highest BCUT2D eigenvalue weighted by molar-refractivity contribution is 5.91. The van der Waals surface area contributed by atoms with Crippen molar-refractivity contribution >= 4 is 11.8 Å². The number of aliphatic hydroxyl groups excluding tert-OH is 1. The Bertz CT molecular complexity index is 419. The maximum atomic E-state index is 12.0. The summed E-state index contributed by atoms with van der Waals surface area (Å²) in [6.07, 6.45) is 0.470. The van der Waals surface area contributed by atoms with Gasteiger partial charge < -0.3 is 19.3 Å². The SMILES string of the molecule is CC(O)C(=O)N1CCN(C(=O)c2ccco2)CC1. The summed E-state index contributed by atoms with van der Waals surface area (Å²) in [6, 6.07) is 3.29. The second-order valence-electron chi connectivity index (χ2n) is 4.27. The molecule has 1 aliphatic rings. The maximum absolute atomic E-state index is 12.0. The Hall–Kier alpha value is -1.82. The fourth-order valence-corrected chi connectivity index (χ4v) is 1.95. The van der Waals surface area contributed by atoms with Crippen LogP contribution in [-0.4, -0.2) is 59.0 Å². The Balaban J connectivity index is 1.91. The lowest BCUT2D eigenvalue weighted by Gasteiger charge is -2.34. The molecule has 1 aliphatic heterocycles. The van der Waals surface area contributed by atoms with Gasteiger partial charge >= 0.3 is 0 Å². The van der Waals surface area contributed by atoms with Crippen molar-refractivity contribution in [1.82, 2.24) is 9.80 Å². The highest BCUT2D eigenvalue weighted by atomic mass is 16.3. The number of rotatable bonds is 2. The third-order valence-electron chi connectivity index (χ3n) is 2.97. The quantitative estimate of drug-likeness (QED) is 0.800. The second kappa shape index (κ2) is 5.22. The molecule has 1 fully saturated rings. The van der Waals surface area contributed by atoms with Gasteiger partial charge in [-0.3, -0.25) is 9.59 Å². The van der Waals surface area contributed by atoms with Crippen LogP contribution in [0, 0.1) is 0 Å². The molecule has 2 heterocycles. The average molecular weight is 252 g/mol. The second-order valence-corrected chi connectivity index (χ2v) is 4.27. The highest BCUT2D eigenvalue weighted by Crippen LogP contribution is 2.10. The highest BCUT2D eigenvalue weighted by Gasteiger charge is 2.27. The van der Waals surface area contributed by atoms with Gasteiger partial charge in [0, 0.05) is 26.2 Å². The van der Waals surface area contributed by atoms with Crippen LogP contribution in [0.5, 0.6) is 0 Å². The number of hydrogen-bond donors (Lipinski definition) is 1. The fourth-order valence-electron chi connectivity index (χ4n) is 1.95. The molecule has 2 rings (SSSR count). The summed E-state index contributed by atoms with van der Waals surface area (Å²) in [4.78, 5) is 26.7. The first-order chi connectivity index (χ1) is 8.59. The van der Waals surface area contributed by atoms with Crippen molar-refractivity contribution in [3.63, 3.8) is 0 Å². The molecule has 98 valence electrons. The number of aliphatic hydroxyl groups is 1. The van der Waals surface area contributed by atoms with Gasteiger partial charge in [-0.2, -0.15) is 0 Å². The van der Waals surface area contributed by atoms with Crippen LogP contribution < -0.4 is 0 Å². The number of furan rings is 1. The van der Waals surface area contributed by atoms with E-state index in [9.17, 15) is 14.7 Å². The molecular formula is C12H16N2O4. The van der Waals surface area contributed by atoms with Gasteiger partial charge in [0.05, 0.1) is 6.26 Å². The van der Waals surface area contributed by atoms with E-state index in [0.717, 1.165) is 0 Å². The van der Waals surface area contributed by atoms with Crippen molar-refractivity contribution in [2.75, 3.05) is 26.2 Å². The van der Waals surface area contributed by atoms with E-state index in [1.807, 2.05) is 0 Å². The number of piperazine rings is 1. The Morgan fingerprint density at radius 3 is 2.39 bits per heavy atom. The van der Waals surface area contributed by atoms with Crippen molar-refractivity contribution in [3.05, 3.63) is 24.2 Å². The van der Waals surface area contributed by atoms with E-state index < -0.39 is 6.10 Å². The molecule has 1 aromatic heterocycles. The standard InChI is InChI=1S/C12H16N2O4/c1-9(15)11(16)13-4-6-14(7-5-13)12(17)10-3-2-8-18-10/h2-3,8-9,15H,4-7H2,1H3. The molecule has 2 amide bonds. The van der Waals surface area contributed by atoms with E-state index in [1.165, 1.54) is 13.2 Å². The van der Waals surface area contributed by atoms with Gasteiger partial charge in [0.25, 0.3) is 11.8 Å². The number of hydrogen-bond acceptors (Lipinski definition) is 4. The summed E-state index contributed by atoms with van der Waals surface area (Å²) in [6.45, 7) is 3.24. The van der Waals surface area contributed by atoms with Gasteiger partial charge in [-0.05, 0) is 19.1 Å². The summed E-state index contributed by atoms with van der Waals surface area (Å²) in [7, 11) is 0. The number of carbonyl (C=O) groups is 2. The first-order valence-corrected chi connectivity index (χ1v) is 5.89. The molecule has 1 atom stereocenters. The Morgan fingerprint density at radius 1 is 1.28 bits per heavy atom. The molecule has 18 heavy (non-hydrogen) atoms. The van der Waals surface area contributed by atoms with Gasteiger partial charge in [0.15, 0.2) is 5.76 Å². The lowest BCUT2D eigenvalue weighted by Crippen LogP contribution is -2.52. The van der Waals surface area contributed by atoms with Crippen LogP contribution in [0.15, 0.2) is 22.8 Å². The zero-order valence-corrected chi connectivity index (χ0v) is 10.2. The minimum Gasteiger partial charge on any atom is -0.459 e. The lowest BCUT2D eigenvalue weighted by molar-refractivity contribution is -0.140. The smallest absolute Gasteiger partial charge is 0.289 e. The van der Waals surface area contributed by atoms with Crippen LogP contribution in [-0.2, 0) is 4.79 Å². The van der Waals surface area contributed by atoms with E-state index in [2.05, 4.69) is 0 Å². The van der Waals surface area contributed by atoms with Gasteiger partial charge in [0.1, 0.15) is 6.10 Å². The number of carbonyl (C=O) groups excluding carboxylic acids is 2. The third-order valence-corrected chi connectivity index (χ3v) is 2.97. The Kier molecular flexibility index (Phi) is 3.66. The minimum absolute atomic E-state index is 0.163. The molecule has 0 saturated carbocycles. The van der Waals surface area contributed by atoms with Gasteiger partial charge in [-0.1, -0.05) is 0 Å². The normalized spacial score (nSPS) is 17.7. The zero-order chi connectivity index (χ0) is 13.1. The van der Waals surface area contributed by atoms with Crippen LogP contribution in [0.1, 0.15) is 17.5 Å². The molecule has 0 aliphatic carbocycles. The van der Waals surface area contributed by atoms with Crippen molar-refractivity contribution in [2.45, 2.75) is 13.0 Å². The molecule has 1 aromatic rings. The van der Waals surface area contributed by atoms with Gasteiger partial charge in [-0.15, -0.1) is 0 Å². The minimum atomic E-state index is -0.989. The monoisotopic (exact) mass is 252 g/mol. The Labute approximate surface area is 105 Å². The molecule has 0 spiro atoms. The summed E-state index contributed by atoms with van der Waals surface area (Å²) in [5, 5.41) is 9.21. The van der Waals surface area contributed by atoms with Gasteiger partial charge in [-0.25, -0.2) is 0 Å². The van der Waals surface area contributed by atoms with Crippen molar-refractivity contribution in [1.29, 1.82) is 0 Å². The first kappa shape index (κ1) is 12.6. The summed E-state index contributed by atoms with van der Waals surface area (Å²) >= 11 is 0. The lowest BCUT2D eigenvalue weighted by atomic mass is 10.2. The van der Waals surface area contributed by atoms with E-state index in [1.54, 1.807) is 21.9 Å². The topological polar surface area (TPSA) is 74.0 Å². The van der Waals surface area contributed by atoms with E-state index in [-0.39, 0.29) is 11.8 Å². The summed E-state index contributed by atoms with van der Waals surface area (Å²) in [5.41, 5.74) is 0. The molecule has 1 saturated heterocycles. The molecule has 6 nitrogen and oxygen atoms in total. The van der Waals surface area contributed by atoms with E-state index in [0.29, 0.717) is 31.9 Å². The van der Waals surface area contributed by atoms with Crippen LogP contribution in [0.3, 0.4) is 0 Å². The van der Waals surface area contributed by atoms with Gasteiger partial charge in [0.2, 0.25) is 0 Å². The van der Waals surface area contributed by atoms with Crippen molar-refractivity contribution < 1.29 is 19.1 Å². The molecular weight excluding hydrogens is 236 g/mol. The first-order valence-electron chi connectivity index (χ1n) is 5.89. The number of amides is 2. The molecule has 0 radical (unpaired) electrons. The third kappa shape index (κ3) is 2.53. The van der Waals surface area contributed by atoms with Crippen molar-refractivity contribution in [2.24, 2.45) is 0 Å². The average Bonchev–Trinajstić information content (AvgIpc) is 2.91.